The summed E-state index contributed by atoms with van der Waals surface area (Å²) in [6.07, 6.45) is 0. The van der Waals surface area contributed by atoms with E-state index in [1.54, 1.807) is 36.3 Å². The van der Waals surface area contributed by atoms with Crippen molar-refractivity contribution in [2.24, 2.45) is 0 Å². The highest BCUT2D eigenvalue weighted by Gasteiger charge is 2.21. The van der Waals surface area contributed by atoms with Gasteiger partial charge in [-0.1, -0.05) is 16.8 Å². The van der Waals surface area contributed by atoms with Crippen LogP contribution in [0.4, 0.5) is 0 Å². The average molecular weight is 416 g/mol. The quantitative estimate of drug-likeness (QED) is 0.548. The number of hydrogen-bond acceptors (Lipinski definition) is 6. The summed E-state index contributed by atoms with van der Waals surface area (Å²) in [5.41, 5.74) is 0.800. The molecule has 0 unspecified atom stereocenters. The van der Waals surface area contributed by atoms with E-state index in [2.05, 4.69) is 10.1 Å². The zero-order valence-electron chi connectivity index (χ0n) is 16.5. The second-order valence-corrected chi connectivity index (χ2v) is 7.03. The second-order valence-electron chi connectivity index (χ2n) is 6.60. The molecule has 0 spiro atoms. The summed E-state index contributed by atoms with van der Waals surface area (Å²) >= 11 is 5.86. The monoisotopic (exact) mass is 415 g/mol. The lowest BCUT2D eigenvalue weighted by Crippen LogP contribution is -2.39. The molecular formula is C21H22ClN3O4. The van der Waals surface area contributed by atoms with Gasteiger partial charge in [0.15, 0.2) is 6.61 Å². The number of nitrogens with zero attached hydrogens (tertiary/aromatic N) is 3. The second kappa shape index (κ2) is 9.43. The van der Waals surface area contributed by atoms with Crippen LogP contribution >= 0.6 is 11.6 Å². The number of carbonyl (C=O) groups excluding carboxylic acids is 1. The average Bonchev–Trinajstić information content (AvgIpc) is 3.20. The molecule has 1 aromatic heterocycles. The van der Waals surface area contributed by atoms with Crippen molar-refractivity contribution in [2.75, 3.05) is 13.7 Å². The minimum absolute atomic E-state index is 0.0624. The fraction of sp³-hybridized carbons (Fsp3) is 0.286. The van der Waals surface area contributed by atoms with E-state index in [4.69, 9.17) is 25.6 Å². The summed E-state index contributed by atoms with van der Waals surface area (Å²) in [6, 6.07) is 14.1. The summed E-state index contributed by atoms with van der Waals surface area (Å²) in [7, 11) is 1.61. The number of halogens is 1. The standard InChI is InChI=1S/C21H22ClN3O4/c1-14(2)25(20(26)13-28-18-10-6-16(22)7-11-18)12-19-23-21(24-29-19)15-4-8-17(27-3)9-5-15/h4-11,14H,12-13H2,1-3H3. The van der Waals surface area contributed by atoms with E-state index in [1.807, 2.05) is 38.1 Å². The Morgan fingerprint density at radius 1 is 1.10 bits per heavy atom. The van der Waals surface area contributed by atoms with Crippen LogP contribution in [0.25, 0.3) is 11.4 Å². The van der Waals surface area contributed by atoms with Gasteiger partial charge in [-0.25, -0.2) is 0 Å². The summed E-state index contributed by atoms with van der Waals surface area (Å²) < 4.78 is 16.0. The van der Waals surface area contributed by atoms with Crippen molar-refractivity contribution in [1.29, 1.82) is 0 Å². The third kappa shape index (κ3) is 5.48. The van der Waals surface area contributed by atoms with E-state index in [1.165, 1.54) is 0 Å². The molecule has 8 heteroatoms. The van der Waals surface area contributed by atoms with Gasteiger partial charge in [0.2, 0.25) is 11.7 Å². The molecule has 3 rings (SSSR count). The number of hydrogen-bond donors (Lipinski definition) is 0. The number of methoxy groups -OCH3 is 1. The van der Waals surface area contributed by atoms with E-state index in [-0.39, 0.29) is 25.1 Å². The minimum atomic E-state index is -0.181. The summed E-state index contributed by atoms with van der Waals surface area (Å²) in [5.74, 6) is 1.94. The smallest absolute Gasteiger partial charge is 0.261 e. The lowest BCUT2D eigenvalue weighted by atomic mass is 10.2. The molecular weight excluding hydrogens is 394 g/mol. The zero-order chi connectivity index (χ0) is 20.8. The van der Waals surface area contributed by atoms with Gasteiger partial charge in [0.1, 0.15) is 18.0 Å². The summed E-state index contributed by atoms with van der Waals surface area (Å²) in [5, 5.41) is 4.61. The molecule has 3 aromatic rings. The molecule has 0 atom stereocenters. The maximum absolute atomic E-state index is 12.6. The van der Waals surface area contributed by atoms with Crippen molar-refractivity contribution in [3.63, 3.8) is 0 Å². The third-order valence-electron chi connectivity index (χ3n) is 4.24. The van der Waals surface area contributed by atoms with Crippen LogP contribution in [0.5, 0.6) is 11.5 Å². The Bertz CT molecular complexity index is 939. The SMILES string of the molecule is COc1ccc(-c2noc(CN(C(=O)COc3ccc(Cl)cc3)C(C)C)n2)cc1. The van der Waals surface area contributed by atoms with Crippen LogP contribution in [0.1, 0.15) is 19.7 Å². The van der Waals surface area contributed by atoms with Crippen LogP contribution in [-0.2, 0) is 11.3 Å². The van der Waals surface area contributed by atoms with Gasteiger partial charge in [0.05, 0.1) is 7.11 Å². The highest BCUT2D eigenvalue weighted by atomic mass is 35.5. The van der Waals surface area contributed by atoms with Crippen molar-refractivity contribution >= 4 is 17.5 Å². The molecule has 0 aliphatic heterocycles. The maximum atomic E-state index is 12.6. The molecule has 0 aliphatic rings. The van der Waals surface area contributed by atoms with E-state index in [0.717, 1.165) is 11.3 Å². The van der Waals surface area contributed by atoms with Gasteiger partial charge in [-0.3, -0.25) is 4.79 Å². The highest BCUT2D eigenvalue weighted by molar-refractivity contribution is 6.30. The lowest BCUT2D eigenvalue weighted by molar-refractivity contribution is -0.136. The molecule has 0 N–H and O–H groups in total. The lowest BCUT2D eigenvalue weighted by Gasteiger charge is -2.25. The van der Waals surface area contributed by atoms with Crippen LogP contribution in [0.3, 0.4) is 0 Å². The van der Waals surface area contributed by atoms with Crippen LogP contribution in [0.15, 0.2) is 53.1 Å². The molecule has 0 saturated carbocycles. The van der Waals surface area contributed by atoms with Crippen molar-refractivity contribution < 1.29 is 18.8 Å². The van der Waals surface area contributed by atoms with Crippen molar-refractivity contribution in [1.82, 2.24) is 15.0 Å². The molecule has 7 nitrogen and oxygen atoms in total. The van der Waals surface area contributed by atoms with Gasteiger partial charge in [0.25, 0.3) is 5.91 Å². The number of ether oxygens (including phenoxy) is 2. The predicted octanol–water partition coefficient (Wildman–Crippen LogP) is 4.21. The third-order valence-corrected chi connectivity index (χ3v) is 4.49. The largest absolute Gasteiger partial charge is 0.497 e. The zero-order valence-corrected chi connectivity index (χ0v) is 17.2. The molecule has 29 heavy (non-hydrogen) atoms. The van der Waals surface area contributed by atoms with Gasteiger partial charge in [-0.2, -0.15) is 4.98 Å². The fourth-order valence-electron chi connectivity index (χ4n) is 2.64. The Kier molecular flexibility index (Phi) is 6.72. The predicted molar refractivity (Wildman–Crippen MR) is 109 cm³/mol. The van der Waals surface area contributed by atoms with Gasteiger partial charge in [-0.05, 0) is 62.4 Å². The Hall–Kier alpha value is -3.06. The van der Waals surface area contributed by atoms with E-state index >= 15 is 0 Å². The maximum Gasteiger partial charge on any atom is 0.261 e. The van der Waals surface area contributed by atoms with Crippen molar-refractivity contribution in [3.05, 3.63) is 59.4 Å². The number of rotatable bonds is 8. The molecule has 0 saturated heterocycles. The summed E-state index contributed by atoms with van der Waals surface area (Å²) in [6.45, 7) is 3.94. The number of carbonyl (C=O) groups is 1. The normalized spacial score (nSPS) is 10.8. The Labute approximate surface area is 174 Å². The number of benzene rings is 2. The molecule has 0 fully saturated rings. The van der Waals surface area contributed by atoms with Crippen LogP contribution in [0.2, 0.25) is 5.02 Å². The van der Waals surface area contributed by atoms with Crippen LogP contribution in [-0.4, -0.2) is 40.7 Å². The number of amides is 1. The van der Waals surface area contributed by atoms with Gasteiger partial charge in [0, 0.05) is 16.6 Å². The first-order valence-corrected chi connectivity index (χ1v) is 9.49. The van der Waals surface area contributed by atoms with E-state index < -0.39 is 0 Å². The van der Waals surface area contributed by atoms with Gasteiger partial charge >= 0.3 is 0 Å². The van der Waals surface area contributed by atoms with E-state index in [0.29, 0.717) is 22.5 Å². The molecule has 1 heterocycles. The van der Waals surface area contributed by atoms with E-state index in [9.17, 15) is 4.79 Å². The minimum Gasteiger partial charge on any atom is -0.497 e. The van der Waals surface area contributed by atoms with Crippen LogP contribution in [0, 0.1) is 0 Å². The first-order chi connectivity index (χ1) is 14.0. The highest BCUT2D eigenvalue weighted by Crippen LogP contribution is 2.21. The molecule has 2 aromatic carbocycles. The Morgan fingerprint density at radius 2 is 1.76 bits per heavy atom. The van der Waals surface area contributed by atoms with Gasteiger partial charge < -0.3 is 18.9 Å². The first kappa shape index (κ1) is 20.7. The topological polar surface area (TPSA) is 77.7 Å². The fourth-order valence-corrected chi connectivity index (χ4v) is 2.77. The van der Waals surface area contributed by atoms with Gasteiger partial charge in [-0.15, -0.1) is 0 Å². The van der Waals surface area contributed by atoms with Crippen molar-refractivity contribution in [2.45, 2.75) is 26.4 Å². The molecule has 0 aliphatic carbocycles. The Morgan fingerprint density at radius 3 is 2.38 bits per heavy atom. The molecule has 152 valence electrons. The molecule has 0 bridgehead atoms. The first-order valence-electron chi connectivity index (χ1n) is 9.11. The van der Waals surface area contributed by atoms with Crippen LogP contribution < -0.4 is 9.47 Å². The Balaban J connectivity index is 1.64. The molecule has 0 radical (unpaired) electrons. The molecule has 1 amide bonds. The summed E-state index contributed by atoms with van der Waals surface area (Å²) in [4.78, 5) is 18.7. The van der Waals surface area contributed by atoms with Crippen molar-refractivity contribution in [3.8, 4) is 22.9 Å². The number of aromatic nitrogens is 2.